The van der Waals surface area contributed by atoms with Gasteiger partial charge in [-0.05, 0) is 30.7 Å². The van der Waals surface area contributed by atoms with Gasteiger partial charge in [-0.2, -0.15) is 0 Å². The van der Waals surface area contributed by atoms with Crippen LogP contribution in [0.2, 0.25) is 0 Å². The van der Waals surface area contributed by atoms with Crippen molar-refractivity contribution in [3.8, 4) is 0 Å². The summed E-state index contributed by atoms with van der Waals surface area (Å²) in [6.07, 6.45) is 0. The summed E-state index contributed by atoms with van der Waals surface area (Å²) in [6.45, 7) is 2.16. The maximum absolute atomic E-state index is 13.7. The van der Waals surface area contributed by atoms with Crippen molar-refractivity contribution in [1.82, 2.24) is 15.3 Å². The van der Waals surface area contributed by atoms with Crippen LogP contribution in [0.15, 0.2) is 54.6 Å². The zero-order chi connectivity index (χ0) is 19.2. The first-order chi connectivity index (χ1) is 13.0. The molecule has 0 bridgehead atoms. The zero-order valence-corrected chi connectivity index (χ0v) is 14.7. The highest BCUT2D eigenvalue weighted by Gasteiger charge is 2.11. The number of halogens is 2. The number of rotatable bonds is 6. The van der Waals surface area contributed by atoms with Gasteiger partial charge in [0, 0.05) is 24.7 Å². The number of carbonyl (C=O) groups is 1. The Balaban J connectivity index is 1.66. The number of nitrogens with one attached hydrogen (secondary N) is 2. The first kappa shape index (κ1) is 18.4. The molecular formula is C20H18F2N4O. The van der Waals surface area contributed by atoms with Gasteiger partial charge in [0.25, 0.3) is 5.91 Å². The molecule has 2 aromatic carbocycles. The number of benzene rings is 2. The van der Waals surface area contributed by atoms with Gasteiger partial charge in [-0.15, -0.1) is 0 Å². The molecule has 0 spiro atoms. The molecule has 0 atom stereocenters. The first-order valence-electron chi connectivity index (χ1n) is 8.37. The molecule has 0 unspecified atom stereocenters. The minimum Gasteiger partial charge on any atom is -0.366 e. The van der Waals surface area contributed by atoms with E-state index in [0.717, 1.165) is 5.56 Å². The predicted octanol–water partition coefficient (Wildman–Crippen LogP) is 3.61. The molecule has 27 heavy (non-hydrogen) atoms. The van der Waals surface area contributed by atoms with E-state index in [1.54, 1.807) is 37.3 Å². The third kappa shape index (κ3) is 5.07. The lowest BCUT2D eigenvalue weighted by molar-refractivity contribution is 0.0945. The van der Waals surface area contributed by atoms with E-state index in [4.69, 9.17) is 0 Å². The topological polar surface area (TPSA) is 66.9 Å². The van der Waals surface area contributed by atoms with E-state index in [2.05, 4.69) is 20.6 Å². The molecule has 0 saturated heterocycles. The van der Waals surface area contributed by atoms with Crippen LogP contribution in [0.5, 0.6) is 0 Å². The largest absolute Gasteiger partial charge is 0.366 e. The lowest BCUT2D eigenvalue weighted by Gasteiger charge is -2.10. The highest BCUT2D eigenvalue weighted by Crippen LogP contribution is 2.12. The molecule has 1 amide bonds. The molecule has 0 aliphatic carbocycles. The number of hydrogen-bond donors (Lipinski definition) is 2. The number of amides is 1. The Hall–Kier alpha value is -3.35. The van der Waals surface area contributed by atoms with Gasteiger partial charge in [-0.1, -0.05) is 30.3 Å². The van der Waals surface area contributed by atoms with Crippen LogP contribution in [0, 0.1) is 18.6 Å². The highest BCUT2D eigenvalue weighted by molar-refractivity contribution is 5.92. The van der Waals surface area contributed by atoms with Crippen molar-refractivity contribution in [2.45, 2.75) is 20.0 Å². The summed E-state index contributed by atoms with van der Waals surface area (Å²) >= 11 is 0. The van der Waals surface area contributed by atoms with Crippen LogP contribution in [0.4, 0.5) is 14.6 Å². The van der Waals surface area contributed by atoms with Crippen LogP contribution in [-0.4, -0.2) is 15.9 Å². The maximum Gasteiger partial charge on any atom is 0.270 e. The van der Waals surface area contributed by atoms with Crippen molar-refractivity contribution < 1.29 is 13.6 Å². The number of nitrogens with zero attached hydrogens (tertiary/aromatic N) is 2. The molecule has 7 heteroatoms. The number of carbonyl (C=O) groups excluding carboxylic acids is 1. The first-order valence-corrected chi connectivity index (χ1v) is 8.37. The van der Waals surface area contributed by atoms with E-state index in [0.29, 0.717) is 17.2 Å². The van der Waals surface area contributed by atoms with Crippen molar-refractivity contribution in [2.75, 3.05) is 5.32 Å². The normalized spacial score (nSPS) is 10.5. The third-order valence-corrected chi connectivity index (χ3v) is 3.85. The van der Waals surface area contributed by atoms with Crippen molar-refractivity contribution in [3.63, 3.8) is 0 Å². The molecule has 1 heterocycles. The minimum absolute atomic E-state index is 0.195. The van der Waals surface area contributed by atoms with E-state index >= 15 is 0 Å². The number of anilines is 1. The Bertz CT molecular complexity index is 945. The molecule has 2 N–H and O–H groups in total. The van der Waals surface area contributed by atoms with E-state index in [1.807, 2.05) is 0 Å². The fourth-order valence-electron chi connectivity index (χ4n) is 2.48. The molecule has 3 aromatic rings. The van der Waals surface area contributed by atoms with Crippen molar-refractivity contribution >= 4 is 11.7 Å². The highest BCUT2D eigenvalue weighted by atomic mass is 19.1. The number of aryl methyl sites for hydroxylation is 1. The molecule has 138 valence electrons. The lowest BCUT2D eigenvalue weighted by Crippen LogP contribution is -2.24. The quantitative estimate of drug-likeness (QED) is 0.698. The van der Waals surface area contributed by atoms with Gasteiger partial charge in [0.2, 0.25) is 0 Å². The van der Waals surface area contributed by atoms with Gasteiger partial charge in [0.1, 0.15) is 29.0 Å². The second-order valence-electron chi connectivity index (χ2n) is 5.94. The van der Waals surface area contributed by atoms with E-state index in [-0.39, 0.29) is 36.3 Å². The predicted molar refractivity (Wildman–Crippen MR) is 98.1 cm³/mol. The van der Waals surface area contributed by atoms with E-state index in [9.17, 15) is 13.6 Å². The average molecular weight is 368 g/mol. The van der Waals surface area contributed by atoms with Crippen LogP contribution >= 0.6 is 0 Å². The lowest BCUT2D eigenvalue weighted by atomic mass is 10.2. The Morgan fingerprint density at radius 3 is 2.48 bits per heavy atom. The van der Waals surface area contributed by atoms with Crippen molar-refractivity contribution in [2.24, 2.45) is 0 Å². The summed E-state index contributed by atoms with van der Waals surface area (Å²) in [5, 5.41) is 5.74. The number of aromatic nitrogens is 2. The molecular weight excluding hydrogens is 350 g/mol. The average Bonchev–Trinajstić information content (AvgIpc) is 2.66. The standard InChI is InChI=1S/C20H18F2N4O/c1-13-25-18(20(27)24-11-14-6-8-16(21)9-7-14)10-19(26-13)23-12-15-4-2-3-5-17(15)22/h2-10H,11-12H2,1H3,(H,24,27)(H,23,25,26). The molecule has 0 saturated carbocycles. The van der Waals surface area contributed by atoms with Crippen molar-refractivity contribution in [1.29, 1.82) is 0 Å². The van der Waals surface area contributed by atoms with Gasteiger partial charge in [-0.25, -0.2) is 18.7 Å². The molecule has 0 fully saturated rings. The van der Waals surface area contributed by atoms with Crippen molar-refractivity contribution in [3.05, 3.63) is 88.9 Å². The fraction of sp³-hybridized carbons (Fsp3) is 0.150. The molecule has 0 radical (unpaired) electrons. The summed E-state index contributed by atoms with van der Waals surface area (Å²) in [6, 6.07) is 13.8. The van der Waals surface area contributed by atoms with Gasteiger partial charge in [-0.3, -0.25) is 4.79 Å². The Morgan fingerprint density at radius 2 is 1.74 bits per heavy atom. The molecule has 5 nitrogen and oxygen atoms in total. The van der Waals surface area contributed by atoms with Crippen LogP contribution in [0.25, 0.3) is 0 Å². The van der Waals surface area contributed by atoms with Crippen LogP contribution < -0.4 is 10.6 Å². The Labute approximate surface area is 155 Å². The summed E-state index contributed by atoms with van der Waals surface area (Å²) in [4.78, 5) is 20.7. The summed E-state index contributed by atoms with van der Waals surface area (Å²) in [5.41, 5.74) is 1.46. The van der Waals surface area contributed by atoms with Gasteiger partial charge in [0.15, 0.2) is 0 Å². The fourth-order valence-corrected chi connectivity index (χ4v) is 2.48. The number of hydrogen-bond acceptors (Lipinski definition) is 4. The summed E-state index contributed by atoms with van der Waals surface area (Å²) in [7, 11) is 0. The smallest absolute Gasteiger partial charge is 0.270 e. The Kier molecular flexibility index (Phi) is 5.71. The Morgan fingerprint density at radius 1 is 1.00 bits per heavy atom. The summed E-state index contributed by atoms with van der Waals surface area (Å²) < 4.78 is 26.6. The van der Waals surface area contributed by atoms with Crippen LogP contribution in [0.1, 0.15) is 27.4 Å². The van der Waals surface area contributed by atoms with Crippen LogP contribution in [-0.2, 0) is 13.1 Å². The molecule has 0 aliphatic rings. The van der Waals surface area contributed by atoms with E-state index < -0.39 is 0 Å². The second kappa shape index (κ2) is 8.35. The third-order valence-electron chi connectivity index (χ3n) is 3.85. The zero-order valence-electron chi connectivity index (χ0n) is 14.7. The molecule has 0 aliphatic heterocycles. The van der Waals surface area contributed by atoms with Gasteiger partial charge in [0.05, 0.1) is 0 Å². The minimum atomic E-state index is -0.376. The summed E-state index contributed by atoms with van der Waals surface area (Å²) in [5.74, 6) is -0.174. The van der Waals surface area contributed by atoms with Gasteiger partial charge < -0.3 is 10.6 Å². The second-order valence-corrected chi connectivity index (χ2v) is 5.94. The van der Waals surface area contributed by atoms with Crippen LogP contribution in [0.3, 0.4) is 0 Å². The van der Waals surface area contributed by atoms with Gasteiger partial charge >= 0.3 is 0 Å². The van der Waals surface area contributed by atoms with E-state index in [1.165, 1.54) is 24.3 Å². The molecule has 3 rings (SSSR count). The monoisotopic (exact) mass is 368 g/mol. The molecule has 1 aromatic heterocycles. The SMILES string of the molecule is Cc1nc(NCc2ccccc2F)cc(C(=O)NCc2ccc(F)cc2)n1. The maximum atomic E-state index is 13.7.